The second kappa shape index (κ2) is 5.11. The molecule has 2 aliphatic rings. The molecule has 1 amide bonds. The van der Waals surface area contributed by atoms with Crippen molar-refractivity contribution in [1.29, 1.82) is 0 Å². The van der Waals surface area contributed by atoms with Gasteiger partial charge in [-0.25, -0.2) is 0 Å². The molecule has 1 aromatic rings. The maximum absolute atomic E-state index is 12.0. The molecule has 1 aromatic carbocycles. The van der Waals surface area contributed by atoms with Crippen LogP contribution in [-0.2, 0) is 11.2 Å². The van der Waals surface area contributed by atoms with Crippen LogP contribution in [0.5, 0.6) is 0 Å². The molecule has 0 bridgehead atoms. The van der Waals surface area contributed by atoms with Crippen molar-refractivity contribution in [3.8, 4) is 0 Å². The lowest BCUT2D eigenvalue weighted by Gasteiger charge is -2.31. The zero-order chi connectivity index (χ0) is 12.4. The Hall–Kier alpha value is -1.35. The lowest BCUT2D eigenvalue weighted by Crippen LogP contribution is -2.40. The fourth-order valence-corrected chi connectivity index (χ4v) is 3.00. The predicted molar refractivity (Wildman–Crippen MR) is 71.5 cm³/mol. The number of hydrogen-bond donors (Lipinski definition) is 2. The van der Waals surface area contributed by atoms with E-state index in [0.29, 0.717) is 5.92 Å². The fourth-order valence-electron chi connectivity index (χ4n) is 3.00. The van der Waals surface area contributed by atoms with Gasteiger partial charge in [0.2, 0.25) is 5.91 Å². The fraction of sp³-hybridized carbons (Fsp3) is 0.533. The molecule has 3 nitrogen and oxygen atoms in total. The van der Waals surface area contributed by atoms with E-state index in [1.165, 1.54) is 11.1 Å². The third-order valence-corrected chi connectivity index (χ3v) is 4.19. The Morgan fingerprint density at radius 1 is 1.28 bits per heavy atom. The van der Waals surface area contributed by atoms with Crippen molar-refractivity contribution >= 4 is 5.91 Å². The topological polar surface area (TPSA) is 41.1 Å². The normalized spacial score (nSPS) is 23.0. The lowest BCUT2D eigenvalue weighted by atomic mass is 9.77. The van der Waals surface area contributed by atoms with Crippen LogP contribution in [0.25, 0.3) is 0 Å². The summed E-state index contributed by atoms with van der Waals surface area (Å²) >= 11 is 0. The molecule has 3 rings (SSSR count). The van der Waals surface area contributed by atoms with Gasteiger partial charge < -0.3 is 10.6 Å². The third-order valence-electron chi connectivity index (χ3n) is 4.19. The number of nitrogens with one attached hydrogen (secondary N) is 2. The minimum Gasteiger partial charge on any atom is -0.355 e. The van der Waals surface area contributed by atoms with Crippen LogP contribution in [0.3, 0.4) is 0 Å². The first-order valence-corrected chi connectivity index (χ1v) is 6.91. The Morgan fingerprint density at radius 3 is 2.83 bits per heavy atom. The van der Waals surface area contributed by atoms with Gasteiger partial charge in [0.15, 0.2) is 0 Å². The molecule has 1 aliphatic heterocycles. The van der Waals surface area contributed by atoms with E-state index in [1.807, 2.05) is 0 Å². The lowest BCUT2D eigenvalue weighted by molar-refractivity contribution is -0.125. The molecule has 96 valence electrons. The van der Waals surface area contributed by atoms with Gasteiger partial charge >= 0.3 is 0 Å². The zero-order valence-electron chi connectivity index (χ0n) is 10.6. The number of carbonyl (C=O) groups excluding carboxylic acids is 1. The Balaban J connectivity index is 1.49. The Labute approximate surface area is 108 Å². The van der Waals surface area contributed by atoms with E-state index in [0.717, 1.165) is 38.9 Å². The first-order valence-electron chi connectivity index (χ1n) is 6.91. The highest BCUT2D eigenvalue weighted by Crippen LogP contribution is 2.34. The molecule has 3 heteroatoms. The van der Waals surface area contributed by atoms with Crippen LogP contribution in [0.2, 0.25) is 0 Å². The van der Waals surface area contributed by atoms with Crippen molar-refractivity contribution < 1.29 is 4.79 Å². The summed E-state index contributed by atoms with van der Waals surface area (Å²) in [7, 11) is 0. The van der Waals surface area contributed by atoms with E-state index in [9.17, 15) is 4.79 Å². The van der Waals surface area contributed by atoms with Gasteiger partial charge in [0, 0.05) is 18.4 Å². The van der Waals surface area contributed by atoms with E-state index in [4.69, 9.17) is 0 Å². The number of amides is 1. The maximum Gasteiger partial charge on any atom is 0.223 e. The van der Waals surface area contributed by atoms with E-state index in [1.54, 1.807) is 0 Å². The van der Waals surface area contributed by atoms with Gasteiger partial charge in [-0.05, 0) is 43.5 Å². The van der Waals surface area contributed by atoms with Crippen LogP contribution in [0.15, 0.2) is 24.3 Å². The molecular weight excluding hydrogens is 224 g/mol. The Bertz CT molecular complexity index is 438. The average Bonchev–Trinajstić information content (AvgIpc) is 2.40. The molecule has 1 atom stereocenters. The molecule has 0 saturated carbocycles. The predicted octanol–water partition coefficient (Wildman–Crippen LogP) is 1.44. The monoisotopic (exact) mass is 244 g/mol. The minimum atomic E-state index is 0.224. The summed E-state index contributed by atoms with van der Waals surface area (Å²) in [6, 6.07) is 8.53. The first-order chi connectivity index (χ1) is 8.84. The van der Waals surface area contributed by atoms with Gasteiger partial charge in [-0.3, -0.25) is 4.79 Å². The molecule has 1 fully saturated rings. The van der Waals surface area contributed by atoms with Gasteiger partial charge in [-0.15, -0.1) is 0 Å². The van der Waals surface area contributed by atoms with Gasteiger partial charge in [-0.2, -0.15) is 0 Å². The second-order valence-electron chi connectivity index (χ2n) is 5.37. The molecule has 1 saturated heterocycles. The maximum atomic E-state index is 12.0. The molecule has 1 unspecified atom stereocenters. The van der Waals surface area contributed by atoms with Gasteiger partial charge in [-0.1, -0.05) is 24.3 Å². The highest BCUT2D eigenvalue weighted by molar-refractivity contribution is 5.78. The Kier molecular flexibility index (Phi) is 3.33. The molecule has 0 spiro atoms. The molecule has 1 aliphatic carbocycles. The van der Waals surface area contributed by atoms with Crippen molar-refractivity contribution in [3.05, 3.63) is 35.4 Å². The number of benzene rings is 1. The summed E-state index contributed by atoms with van der Waals surface area (Å²) in [5.41, 5.74) is 2.86. The first kappa shape index (κ1) is 11.7. The summed E-state index contributed by atoms with van der Waals surface area (Å²) < 4.78 is 0. The van der Waals surface area contributed by atoms with E-state index in [-0.39, 0.29) is 11.8 Å². The quantitative estimate of drug-likeness (QED) is 0.845. The second-order valence-corrected chi connectivity index (χ2v) is 5.37. The van der Waals surface area contributed by atoms with E-state index < -0.39 is 0 Å². The zero-order valence-corrected chi connectivity index (χ0v) is 10.6. The van der Waals surface area contributed by atoms with Crippen molar-refractivity contribution in [2.24, 2.45) is 5.92 Å². The molecular formula is C15H20N2O. The number of carbonyl (C=O) groups is 1. The summed E-state index contributed by atoms with van der Waals surface area (Å²) in [5, 5.41) is 6.42. The van der Waals surface area contributed by atoms with E-state index >= 15 is 0 Å². The largest absolute Gasteiger partial charge is 0.355 e. The standard InChI is InChI=1S/C15H20N2O/c18-15(11-5-7-16-8-6-11)17-10-13-9-12-3-1-2-4-14(12)13/h1-4,11,13,16H,5-10H2,(H,17,18). The number of fused-ring (bicyclic) bond motifs is 1. The van der Waals surface area contributed by atoms with Crippen molar-refractivity contribution in [3.63, 3.8) is 0 Å². The molecule has 1 heterocycles. The van der Waals surface area contributed by atoms with Crippen molar-refractivity contribution in [2.45, 2.75) is 25.2 Å². The smallest absolute Gasteiger partial charge is 0.223 e. The summed E-state index contributed by atoms with van der Waals surface area (Å²) in [6.07, 6.45) is 3.07. The third kappa shape index (κ3) is 2.27. The Morgan fingerprint density at radius 2 is 2.06 bits per heavy atom. The number of rotatable bonds is 3. The van der Waals surface area contributed by atoms with Crippen LogP contribution in [0.1, 0.15) is 29.9 Å². The van der Waals surface area contributed by atoms with Crippen LogP contribution in [-0.4, -0.2) is 25.5 Å². The minimum absolute atomic E-state index is 0.224. The SMILES string of the molecule is O=C(NCC1Cc2ccccc21)C1CCNCC1. The van der Waals surface area contributed by atoms with Crippen molar-refractivity contribution in [2.75, 3.05) is 19.6 Å². The molecule has 2 N–H and O–H groups in total. The summed E-state index contributed by atoms with van der Waals surface area (Å²) in [4.78, 5) is 12.0. The van der Waals surface area contributed by atoms with Crippen LogP contribution >= 0.6 is 0 Å². The molecule has 18 heavy (non-hydrogen) atoms. The van der Waals surface area contributed by atoms with Gasteiger partial charge in [0.1, 0.15) is 0 Å². The molecule has 0 radical (unpaired) electrons. The van der Waals surface area contributed by atoms with Crippen LogP contribution < -0.4 is 10.6 Å². The molecule has 0 aromatic heterocycles. The average molecular weight is 244 g/mol. The number of piperidine rings is 1. The van der Waals surface area contributed by atoms with Crippen LogP contribution in [0, 0.1) is 5.92 Å². The number of hydrogen-bond acceptors (Lipinski definition) is 2. The highest BCUT2D eigenvalue weighted by atomic mass is 16.1. The van der Waals surface area contributed by atoms with Gasteiger partial charge in [0.05, 0.1) is 0 Å². The van der Waals surface area contributed by atoms with Crippen LogP contribution in [0.4, 0.5) is 0 Å². The highest BCUT2D eigenvalue weighted by Gasteiger charge is 2.27. The van der Waals surface area contributed by atoms with E-state index in [2.05, 4.69) is 34.9 Å². The van der Waals surface area contributed by atoms with Crippen molar-refractivity contribution in [1.82, 2.24) is 10.6 Å². The summed E-state index contributed by atoms with van der Waals surface area (Å²) in [6.45, 7) is 2.76. The van der Waals surface area contributed by atoms with Gasteiger partial charge in [0.25, 0.3) is 0 Å². The summed E-state index contributed by atoms with van der Waals surface area (Å²) in [5.74, 6) is 1.01.